The van der Waals surface area contributed by atoms with Crippen LogP contribution in [-0.4, -0.2) is 12.5 Å². The van der Waals surface area contributed by atoms with Crippen molar-refractivity contribution in [3.63, 3.8) is 0 Å². The number of hydrogen-bond donors (Lipinski definition) is 0. The first-order valence-corrected chi connectivity index (χ1v) is 16.4. The van der Waals surface area contributed by atoms with Crippen molar-refractivity contribution in [1.29, 1.82) is 0 Å². The smallest absolute Gasteiger partial charge is 0.403 e. The van der Waals surface area contributed by atoms with Crippen LogP contribution in [0.2, 0.25) is 0 Å². The van der Waals surface area contributed by atoms with Crippen LogP contribution in [0.15, 0.2) is 60.7 Å². The third kappa shape index (κ3) is 8.84. The lowest BCUT2D eigenvalue weighted by Gasteiger charge is -2.38. The Labute approximate surface area is 266 Å². The lowest BCUT2D eigenvalue weighted by Crippen LogP contribution is -2.32. The Kier molecular flexibility index (Phi) is 11.0. The van der Waals surface area contributed by atoms with Crippen LogP contribution in [-0.2, 0) is 17.3 Å². The molecular formula is C37H41F7O2. The molecule has 3 aromatic rings. The number of rotatable bonds is 11. The van der Waals surface area contributed by atoms with E-state index in [2.05, 4.69) is 11.7 Å². The zero-order chi connectivity index (χ0) is 32.9. The fourth-order valence-corrected chi connectivity index (χ4v) is 7.23. The van der Waals surface area contributed by atoms with E-state index in [0.717, 1.165) is 94.0 Å². The van der Waals surface area contributed by atoms with Gasteiger partial charge in [0.15, 0.2) is 11.6 Å². The molecule has 0 spiro atoms. The van der Waals surface area contributed by atoms with E-state index >= 15 is 13.2 Å². The van der Waals surface area contributed by atoms with Crippen molar-refractivity contribution in [3.8, 4) is 16.9 Å². The van der Waals surface area contributed by atoms with Gasteiger partial charge in [0.1, 0.15) is 5.82 Å². The molecule has 0 amide bonds. The Morgan fingerprint density at radius 1 is 0.674 bits per heavy atom. The molecule has 0 radical (unpaired) electrons. The third-order valence-corrected chi connectivity index (χ3v) is 9.76. The summed E-state index contributed by atoms with van der Waals surface area (Å²) in [5, 5.41) is 0. The Morgan fingerprint density at radius 2 is 1.30 bits per heavy atom. The molecule has 2 nitrogen and oxygen atoms in total. The molecule has 0 bridgehead atoms. The molecule has 0 heterocycles. The lowest BCUT2D eigenvalue weighted by atomic mass is 9.69. The van der Waals surface area contributed by atoms with Gasteiger partial charge in [0.25, 0.3) is 0 Å². The number of hydrogen-bond acceptors (Lipinski definition) is 2. The van der Waals surface area contributed by atoms with E-state index in [1.54, 1.807) is 0 Å². The summed E-state index contributed by atoms with van der Waals surface area (Å²) in [5.41, 5.74) is 2.38. The topological polar surface area (TPSA) is 18.5 Å². The van der Waals surface area contributed by atoms with Gasteiger partial charge in [0, 0.05) is 0 Å². The molecule has 0 atom stereocenters. The second-order valence-electron chi connectivity index (χ2n) is 12.9. The third-order valence-electron chi connectivity index (χ3n) is 9.76. The monoisotopic (exact) mass is 650 g/mol. The summed E-state index contributed by atoms with van der Waals surface area (Å²) in [6.07, 6.45) is 0.651. The maximum absolute atomic E-state index is 15.2. The minimum absolute atomic E-state index is 0.0419. The maximum Gasteiger partial charge on any atom is 0.573 e. The maximum atomic E-state index is 15.2. The predicted molar refractivity (Wildman–Crippen MR) is 164 cm³/mol. The number of benzene rings is 3. The summed E-state index contributed by atoms with van der Waals surface area (Å²) >= 11 is 0. The molecule has 0 unspecified atom stereocenters. The fourth-order valence-electron chi connectivity index (χ4n) is 7.23. The van der Waals surface area contributed by atoms with Crippen molar-refractivity contribution in [2.45, 2.75) is 108 Å². The highest BCUT2D eigenvalue weighted by Crippen LogP contribution is 2.45. The first-order valence-electron chi connectivity index (χ1n) is 16.4. The minimum Gasteiger partial charge on any atom is -0.403 e. The van der Waals surface area contributed by atoms with Crippen molar-refractivity contribution in [3.05, 3.63) is 89.0 Å². The fraction of sp³-hybridized carbons (Fsp3) is 0.514. The van der Waals surface area contributed by atoms with Crippen molar-refractivity contribution >= 4 is 0 Å². The normalized spacial score (nSPS) is 22.5. The summed E-state index contributed by atoms with van der Waals surface area (Å²) < 4.78 is 106. The van der Waals surface area contributed by atoms with E-state index in [-0.39, 0.29) is 5.92 Å². The Morgan fingerprint density at radius 3 is 1.89 bits per heavy atom. The van der Waals surface area contributed by atoms with Crippen molar-refractivity contribution < 1.29 is 40.2 Å². The van der Waals surface area contributed by atoms with Gasteiger partial charge in [0.05, 0.1) is 11.7 Å². The Bertz CT molecular complexity index is 1420. The highest BCUT2D eigenvalue weighted by Gasteiger charge is 2.41. The molecule has 2 aliphatic rings. The zero-order valence-corrected chi connectivity index (χ0v) is 26.0. The van der Waals surface area contributed by atoms with E-state index in [0.29, 0.717) is 35.8 Å². The first kappa shape index (κ1) is 34.3. The first-order chi connectivity index (χ1) is 21.9. The van der Waals surface area contributed by atoms with Crippen LogP contribution in [0.3, 0.4) is 0 Å². The molecule has 2 saturated carbocycles. The van der Waals surface area contributed by atoms with Crippen LogP contribution < -0.4 is 4.74 Å². The van der Waals surface area contributed by atoms with Crippen molar-refractivity contribution in [2.75, 3.05) is 0 Å². The standard InChI is InChI=1S/C37H41F7O2/c1-2-3-4-5-24-6-8-27(9-7-24)29-16-20-32(33(38)22-29)36(40,41)45-31-18-14-26(15-19-31)25-10-12-28(13-11-25)30-17-21-35(34(39)23-30)46-37(42,43)44/h6-9,16-17,20-23,25-26,28,31H,2-5,10-15,18-19H2,1H3. The van der Waals surface area contributed by atoms with Gasteiger partial charge in [0.2, 0.25) is 0 Å². The summed E-state index contributed by atoms with van der Waals surface area (Å²) in [6, 6.07) is 15.2. The average molecular weight is 651 g/mol. The summed E-state index contributed by atoms with van der Waals surface area (Å²) in [4.78, 5) is 0. The number of ether oxygens (including phenoxy) is 2. The number of aryl methyl sites for hydroxylation is 1. The second-order valence-corrected chi connectivity index (χ2v) is 12.9. The molecule has 9 heteroatoms. The summed E-state index contributed by atoms with van der Waals surface area (Å²) in [7, 11) is 0. The molecular weight excluding hydrogens is 609 g/mol. The molecule has 250 valence electrons. The van der Waals surface area contributed by atoms with Gasteiger partial charge >= 0.3 is 12.5 Å². The molecule has 3 aromatic carbocycles. The molecule has 2 aliphatic carbocycles. The minimum atomic E-state index is -4.96. The van der Waals surface area contributed by atoms with Crippen molar-refractivity contribution in [1.82, 2.24) is 0 Å². The molecule has 0 aliphatic heterocycles. The molecule has 0 N–H and O–H groups in total. The Balaban J connectivity index is 1.10. The van der Waals surface area contributed by atoms with E-state index in [4.69, 9.17) is 4.74 Å². The van der Waals surface area contributed by atoms with Gasteiger partial charge in [-0.15, -0.1) is 13.2 Å². The van der Waals surface area contributed by atoms with Gasteiger partial charge in [-0.1, -0.05) is 56.2 Å². The van der Waals surface area contributed by atoms with Crippen LogP contribution in [0.4, 0.5) is 30.7 Å². The number of halogens is 7. The number of unbranched alkanes of at least 4 members (excludes halogenated alkanes) is 2. The van der Waals surface area contributed by atoms with Crippen LogP contribution in [0.25, 0.3) is 11.1 Å². The summed E-state index contributed by atoms with van der Waals surface area (Å²) in [6.45, 7) is 2.15. The predicted octanol–water partition coefficient (Wildman–Crippen LogP) is 11.9. The van der Waals surface area contributed by atoms with Gasteiger partial charge in [-0.25, -0.2) is 8.78 Å². The SMILES string of the molecule is CCCCCc1ccc(-c2ccc(C(F)(F)OC3CCC(C4CCC(c5ccc(OC(F)(F)F)c(F)c5)CC4)CC3)c(F)c2)cc1. The van der Waals surface area contributed by atoms with Crippen LogP contribution in [0, 0.1) is 23.5 Å². The van der Waals surface area contributed by atoms with Crippen LogP contribution in [0.5, 0.6) is 5.75 Å². The van der Waals surface area contributed by atoms with Gasteiger partial charge in [-0.2, -0.15) is 8.78 Å². The lowest BCUT2D eigenvalue weighted by molar-refractivity contribution is -0.279. The highest BCUT2D eigenvalue weighted by atomic mass is 19.4. The molecule has 46 heavy (non-hydrogen) atoms. The second kappa shape index (κ2) is 14.8. The zero-order valence-electron chi connectivity index (χ0n) is 26.0. The summed E-state index contributed by atoms with van der Waals surface area (Å²) in [5.74, 6) is -2.09. The highest BCUT2D eigenvalue weighted by molar-refractivity contribution is 5.64. The molecule has 0 aromatic heterocycles. The van der Waals surface area contributed by atoms with E-state index < -0.39 is 41.5 Å². The van der Waals surface area contributed by atoms with Crippen LogP contribution in [0.1, 0.15) is 100 Å². The van der Waals surface area contributed by atoms with E-state index in [1.807, 2.05) is 24.3 Å². The van der Waals surface area contributed by atoms with Gasteiger partial charge < -0.3 is 9.47 Å². The van der Waals surface area contributed by atoms with Gasteiger partial charge in [-0.05, 0) is 128 Å². The van der Waals surface area contributed by atoms with Crippen molar-refractivity contribution in [2.24, 2.45) is 11.8 Å². The van der Waals surface area contributed by atoms with Gasteiger partial charge in [-0.3, -0.25) is 0 Å². The number of alkyl halides is 5. The molecule has 0 saturated heterocycles. The average Bonchev–Trinajstić information content (AvgIpc) is 3.02. The Hall–Kier alpha value is -3.07. The quantitative estimate of drug-likeness (QED) is 0.152. The van der Waals surface area contributed by atoms with E-state index in [9.17, 15) is 17.6 Å². The van der Waals surface area contributed by atoms with E-state index in [1.165, 1.54) is 17.7 Å². The molecule has 5 rings (SSSR count). The van der Waals surface area contributed by atoms with Crippen LogP contribution >= 0.6 is 0 Å². The largest absolute Gasteiger partial charge is 0.573 e. The molecule has 2 fully saturated rings.